The van der Waals surface area contributed by atoms with Crippen LogP contribution < -0.4 is 10.2 Å². The third-order valence-electron chi connectivity index (χ3n) is 4.19. The highest BCUT2D eigenvalue weighted by molar-refractivity contribution is 5.83. The quantitative estimate of drug-likeness (QED) is 0.718. The largest absolute Gasteiger partial charge is 0.393 e. The summed E-state index contributed by atoms with van der Waals surface area (Å²) < 4.78 is 0. The molecular weight excluding hydrogens is 302 g/mol. The molecule has 0 spiro atoms. The van der Waals surface area contributed by atoms with E-state index in [1.54, 1.807) is 17.1 Å². The van der Waals surface area contributed by atoms with E-state index in [2.05, 4.69) is 29.4 Å². The predicted octanol–water partition coefficient (Wildman–Crippen LogP) is 2.26. The van der Waals surface area contributed by atoms with Crippen LogP contribution in [0.5, 0.6) is 0 Å². The smallest absolute Gasteiger partial charge is 0.242 e. The van der Waals surface area contributed by atoms with Crippen LogP contribution in [0.4, 0.5) is 11.4 Å². The number of hydrogen-bond donors (Lipinski definition) is 2. The Hall–Kier alpha value is -2.27. The van der Waals surface area contributed by atoms with Crippen LogP contribution >= 0.6 is 0 Å². The number of benzene rings is 1. The maximum Gasteiger partial charge on any atom is 0.242 e. The van der Waals surface area contributed by atoms with E-state index in [1.807, 2.05) is 18.2 Å². The summed E-state index contributed by atoms with van der Waals surface area (Å²) in [6.45, 7) is 10.3. The Morgan fingerprint density at radius 1 is 1.25 bits per heavy atom. The molecule has 1 aliphatic heterocycles. The van der Waals surface area contributed by atoms with Gasteiger partial charge in [0.2, 0.25) is 5.91 Å². The summed E-state index contributed by atoms with van der Waals surface area (Å²) >= 11 is 0. The SMILES string of the molecule is C=CCN(CC=C)C(=O)CNc1ccccc1N1CCC(O)CC1. The van der Waals surface area contributed by atoms with Gasteiger partial charge in [0, 0.05) is 26.2 Å². The summed E-state index contributed by atoms with van der Waals surface area (Å²) in [6, 6.07) is 7.99. The van der Waals surface area contributed by atoms with Crippen molar-refractivity contribution in [2.75, 3.05) is 42.9 Å². The Balaban J connectivity index is 2.00. The van der Waals surface area contributed by atoms with Crippen LogP contribution in [0.15, 0.2) is 49.6 Å². The Morgan fingerprint density at radius 2 is 1.88 bits per heavy atom. The monoisotopic (exact) mass is 329 g/mol. The lowest BCUT2D eigenvalue weighted by molar-refractivity contribution is -0.128. The number of amides is 1. The van der Waals surface area contributed by atoms with Crippen molar-refractivity contribution in [1.29, 1.82) is 0 Å². The fraction of sp³-hybridized carbons (Fsp3) is 0.421. The van der Waals surface area contributed by atoms with Gasteiger partial charge in [-0.25, -0.2) is 0 Å². The molecule has 130 valence electrons. The van der Waals surface area contributed by atoms with Crippen molar-refractivity contribution >= 4 is 17.3 Å². The van der Waals surface area contributed by atoms with Crippen LogP contribution in [0, 0.1) is 0 Å². The molecule has 0 aliphatic carbocycles. The van der Waals surface area contributed by atoms with Crippen molar-refractivity contribution in [3.05, 3.63) is 49.6 Å². The molecule has 0 radical (unpaired) electrons. The second-order valence-electron chi connectivity index (χ2n) is 5.96. The van der Waals surface area contributed by atoms with Crippen molar-refractivity contribution in [3.8, 4) is 0 Å². The first kappa shape index (κ1) is 18.1. The molecule has 1 fully saturated rings. The third-order valence-corrected chi connectivity index (χ3v) is 4.19. The average Bonchev–Trinajstić information content (AvgIpc) is 2.60. The summed E-state index contributed by atoms with van der Waals surface area (Å²) in [6.07, 6.45) is 4.79. The lowest BCUT2D eigenvalue weighted by Crippen LogP contribution is -2.37. The zero-order chi connectivity index (χ0) is 17.4. The van der Waals surface area contributed by atoms with Crippen molar-refractivity contribution in [3.63, 3.8) is 0 Å². The van der Waals surface area contributed by atoms with E-state index in [0.717, 1.165) is 37.3 Å². The third kappa shape index (κ3) is 4.86. The van der Waals surface area contributed by atoms with E-state index in [4.69, 9.17) is 0 Å². The van der Waals surface area contributed by atoms with Crippen LogP contribution in [-0.4, -0.2) is 54.7 Å². The fourth-order valence-electron chi connectivity index (χ4n) is 2.88. The topological polar surface area (TPSA) is 55.8 Å². The van der Waals surface area contributed by atoms with Crippen molar-refractivity contribution in [2.24, 2.45) is 0 Å². The minimum Gasteiger partial charge on any atom is -0.393 e. The van der Waals surface area contributed by atoms with Crippen molar-refractivity contribution < 1.29 is 9.90 Å². The number of aliphatic hydroxyl groups excluding tert-OH is 1. The van der Waals surface area contributed by atoms with Gasteiger partial charge < -0.3 is 20.2 Å². The highest BCUT2D eigenvalue weighted by atomic mass is 16.3. The van der Waals surface area contributed by atoms with Gasteiger partial charge in [-0.05, 0) is 25.0 Å². The minimum absolute atomic E-state index is 0.0127. The van der Waals surface area contributed by atoms with Crippen LogP contribution in [0.25, 0.3) is 0 Å². The van der Waals surface area contributed by atoms with E-state index in [9.17, 15) is 9.90 Å². The first-order valence-electron chi connectivity index (χ1n) is 8.41. The number of rotatable bonds is 8. The Labute approximate surface area is 144 Å². The number of aliphatic hydroxyl groups is 1. The number of carbonyl (C=O) groups excluding carboxylic acids is 1. The van der Waals surface area contributed by atoms with Gasteiger partial charge in [-0.1, -0.05) is 24.3 Å². The number of piperidine rings is 1. The van der Waals surface area contributed by atoms with Gasteiger partial charge in [0.1, 0.15) is 0 Å². The number of anilines is 2. The molecular formula is C19H27N3O2. The van der Waals surface area contributed by atoms with Crippen LogP contribution in [-0.2, 0) is 4.79 Å². The Kier molecular flexibility index (Phi) is 6.88. The number of nitrogens with zero attached hydrogens (tertiary/aromatic N) is 2. The molecule has 5 heteroatoms. The summed E-state index contributed by atoms with van der Waals surface area (Å²) in [5, 5.41) is 12.9. The number of nitrogens with one attached hydrogen (secondary N) is 1. The minimum atomic E-state index is -0.200. The lowest BCUT2D eigenvalue weighted by atomic mass is 10.1. The molecule has 1 aromatic rings. The summed E-state index contributed by atoms with van der Waals surface area (Å²) in [5.74, 6) is 0.0127. The normalized spacial score (nSPS) is 15.0. The molecule has 0 unspecified atom stereocenters. The van der Waals surface area contributed by atoms with E-state index >= 15 is 0 Å². The van der Waals surface area contributed by atoms with E-state index in [-0.39, 0.29) is 18.6 Å². The molecule has 0 aromatic heterocycles. The number of hydrogen-bond acceptors (Lipinski definition) is 4. The molecule has 0 bridgehead atoms. The second kappa shape index (κ2) is 9.13. The molecule has 1 aliphatic rings. The lowest BCUT2D eigenvalue weighted by Gasteiger charge is -2.33. The fourth-order valence-corrected chi connectivity index (χ4v) is 2.88. The van der Waals surface area contributed by atoms with Crippen molar-refractivity contribution in [1.82, 2.24) is 4.90 Å². The average molecular weight is 329 g/mol. The standard InChI is InChI=1S/C19H27N3O2/c1-3-11-22(12-4-2)19(24)15-20-17-7-5-6-8-18(17)21-13-9-16(23)10-14-21/h3-8,16,20,23H,1-2,9-15H2. The second-order valence-corrected chi connectivity index (χ2v) is 5.96. The zero-order valence-corrected chi connectivity index (χ0v) is 14.2. The van der Waals surface area contributed by atoms with Crippen LogP contribution in [0.3, 0.4) is 0 Å². The van der Waals surface area contributed by atoms with Crippen molar-refractivity contribution in [2.45, 2.75) is 18.9 Å². The molecule has 1 aromatic carbocycles. The van der Waals surface area contributed by atoms with E-state index in [0.29, 0.717) is 13.1 Å². The Morgan fingerprint density at radius 3 is 2.50 bits per heavy atom. The van der Waals surface area contributed by atoms with Gasteiger partial charge in [0.15, 0.2) is 0 Å². The zero-order valence-electron chi connectivity index (χ0n) is 14.2. The van der Waals surface area contributed by atoms with Gasteiger partial charge in [-0.3, -0.25) is 4.79 Å². The van der Waals surface area contributed by atoms with Gasteiger partial charge >= 0.3 is 0 Å². The summed E-state index contributed by atoms with van der Waals surface area (Å²) in [4.78, 5) is 16.3. The molecule has 0 atom stereocenters. The maximum atomic E-state index is 12.3. The first-order chi connectivity index (χ1) is 11.7. The van der Waals surface area contributed by atoms with Gasteiger partial charge in [-0.2, -0.15) is 0 Å². The Bertz CT molecular complexity index is 555. The van der Waals surface area contributed by atoms with E-state index in [1.165, 1.54) is 0 Å². The predicted molar refractivity (Wildman–Crippen MR) is 99.4 cm³/mol. The summed E-state index contributed by atoms with van der Waals surface area (Å²) in [5.41, 5.74) is 2.02. The number of para-hydroxylation sites is 2. The molecule has 1 heterocycles. The molecule has 2 rings (SSSR count). The highest BCUT2D eigenvalue weighted by Crippen LogP contribution is 2.28. The van der Waals surface area contributed by atoms with Gasteiger partial charge in [0.25, 0.3) is 0 Å². The molecule has 5 nitrogen and oxygen atoms in total. The maximum absolute atomic E-state index is 12.3. The molecule has 0 saturated carbocycles. The molecule has 24 heavy (non-hydrogen) atoms. The van der Waals surface area contributed by atoms with Gasteiger partial charge in [-0.15, -0.1) is 13.2 Å². The van der Waals surface area contributed by atoms with E-state index < -0.39 is 0 Å². The van der Waals surface area contributed by atoms with Gasteiger partial charge in [0.05, 0.1) is 24.0 Å². The summed E-state index contributed by atoms with van der Waals surface area (Å²) in [7, 11) is 0. The van der Waals surface area contributed by atoms with Crippen LogP contribution in [0.1, 0.15) is 12.8 Å². The van der Waals surface area contributed by atoms with Crippen LogP contribution in [0.2, 0.25) is 0 Å². The highest BCUT2D eigenvalue weighted by Gasteiger charge is 2.19. The first-order valence-corrected chi connectivity index (χ1v) is 8.41. The molecule has 2 N–H and O–H groups in total. The molecule has 1 saturated heterocycles. The number of carbonyl (C=O) groups is 1. The molecule has 1 amide bonds.